The average Bonchev–Trinajstić information content (AvgIpc) is 3.00. The maximum Gasteiger partial charge on any atom is 0.164 e. The largest absolute Gasteiger partial charge is 0.512 e. The first-order valence-corrected chi connectivity index (χ1v) is 19.1. The average molecular weight is 805 g/mol. The number of rotatable bonds is 5. The zero-order valence-electron chi connectivity index (χ0n) is 28.5. The van der Waals surface area contributed by atoms with Crippen LogP contribution in [-0.2, 0) is 24.9 Å². The van der Waals surface area contributed by atoms with Crippen molar-refractivity contribution in [2.24, 2.45) is 10.8 Å². The second-order valence-electron chi connectivity index (χ2n) is 14.7. The van der Waals surface area contributed by atoms with Crippen molar-refractivity contribution in [3.05, 3.63) is 121 Å². The minimum atomic E-state index is -1.40. The van der Waals surface area contributed by atoms with Crippen LogP contribution in [0, 0.1) is 16.9 Å². The zero-order chi connectivity index (χ0) is 33.0. The normalized spacial score (nSPS) is 12.2. The summed E-state index contributed by atoms with van der Waals surface area (Å²) in [4.78, 5) is 16.6. The molecule has 241 valence electrons. The van der Waals surface area contributed by atoms with Crippen molar-refractivity contribution >= 4 is 29.9 Å². The summed E-state index contributed by atoms with van der Waals surface area (Å²) in [6.45, 7) is 18.3. The number of fused-ring (bicyclic) bond motifs is 1. The fourth-order valence-electron chi connectivity index (χ4n) is 4.66. The van der Waals surface area contributed by atoms with Gasteiger partial charge in [0.25, 0.3) is 0 Å². The minimum absolute atomic E-state index is 0. The number of carbonyl (C=O) groups excluding carboxylic acids is 1. The summed E-state index contributed by atoms with van der Waals surface area (Å²) in [6.07, 6.45) is 1.33. The number of hydrogen-bond donors (Lipinski definition) is 1. The molecule has 1 aromatic heterocycles. The molecule has 0 unspecified atom stereocenters. The van der Waals surface area contributed by atoms with Gasteiger partial charge in [0.05, 0.1) is 13.6 Å². The molecule has 0 aliphatic rings. The first-order valence-electron chi connectivity index (χ1n) is 15.6. The van der Waals surface area contributed by atoms with Crippen LogP contribution in [0.4, 0.5) is 0 Å². The van der Waals surface area contributed by atoms with Crippen LogP contribution in [-0.4, -0.2) is 23.9 Å². The molecule has 0 amide bonds. The van der Waals surface area contributed by atoms with Gasteiger partial charge in [-0.2, -0.15) is 0 Å². The molecular formula is C41H46IrNO2Si-. The molecular weight excluding hydrogens is 759 g/mol. The van der Waals surface area contributed by atoms with Gasteiger partial charge < -0.3 is 5.11 Å². The van der Waals surface area contributed by atoms with E-state index in [1.54, 1.807) is 0 Å². The van der Waals surface area contributed by atoms with Crippen molar-refractivity contribution < 1.29 is 30.0 Å². The Morgan fingerprint density at radius 2 is 1.33 bits per heavy atom. The molecule has 0 fully saturated rings. The fraction of sp³-hybridized carbons (Fsp3) is 0.268. The van der Waals surface area contributed by atoms with Crippen molar-refractivity contribution in [3.63, 3.8) is 0 Å². The Morgan fingerprint density at radius 1 is 0.739 bits per heavy atom. The SMILES string of the molecule is CC(C)(C)C(=O)/C=C(\O)C(C)(C)C.C[Si](C)(C)c1ccc2nc(-c3[c-]ccc(-c4ccccc4)c3)c(-c3ccccc3)cc2c1.[Ir]. The number of aromatic nitrogens is 1. The minimum Gasteiger partial charge on any atom is -0.512 e. The second kappa shape index (κ2) is 14.9. The van der Waals surface area contributed by atoms with Gasteiger partial charge in [-0.3, -0.25) is 9.78 Å². The number of nitrogens with zero attached hydrogens (tertiary/aromatic N) is 1. The monoisotopic (exact) mass is 805 g/mol. The summed E-state index contributed by atoms with van der Waals surface area (Å²) < 4.78 is 0. The fourth-order valence-corrected chi connectivity index (χ4v) is 5.83. The Morgan fingerprint density at radius 3 is 1.87 bits per heavy atom. The number of allylic oxidation sites excluding steroid dienone is 2. The van der Waals surface area contributed by atoms with E-state index in [1.165, 1.54) is 33.3 Å². The first kappa shape index (κ1) is 36.8. The van der Waals surface area contributed by atoms with Gasteiger partial charge in [-0.05, 0) is 33.8 Å². The van der Waals surface area contributed by atoms with E-state index in [2.05, 4.69) is 117 Å². The van der Waals surface area contributed by atoms with E-state index in [0.29, 0.717) is 0 Å². The Labute approximate surface area is 290 Å². The summed E-state index contributed by atoms with van der Waals surface area (Å²) in [5.74, 6) is 0.104. The zero-order valence-corrected chi connectivity index (χ0v) is 31.9. The molecule has 0 spiro atoms. The Kier molecular flexibility index (Phi) is 11.9. The van der Waals surface area contributed by atoms with Crippen LogP contribution >= 0.6 is 0 Å². The topological polar surface area (TPSA) is 50.2 Å². The van der Waals surface area contributed by atoms with Gasteiger partial charge in [0.1, 0.15) is 5.76 Å². The summed E-state index contributed by atoms with van der Waals surface area (Å²) in [6, 6.07) is 39.9. The van der Waals surface area contributed by atoms with Gasteiger partial charge in [-0.15, -0.1) is 35.4 Å². The molecule has 5 aromatic rings. The molecule has 0 bridgehead atoms. The van der Waals surface area contributed by atoms with Crippen molar-refractivity contribution in [3.8, 4) is 33.5 Å². The van der Waals surface area contributed by atoms with Crippen molar-refractivity contribution in [2.45, 2.75) is 61.2 Å². The second-order valence-corrected chi connectivity index (χ2v) is 19.7. The van der Waals surface area contributed by atoms with Gasteiger partial charge in [-0.25, -0.2) is 0 Å². The van der Waals surface area contributed by atoms with Crippen LogP contribution < -0.4 is 5.19 Å². The maximum absolute atomic E-state index is 11.5. The van der Waals surface area contributed by atoms with E-state index in [4.69, 9.17) is 4.98 Å². The van der Waals surface area contributed by atoms with Crippen LogP contribution in [0.2, 0.25) is 19.6 Å². The smallest absolute Gasteiger partial charge is 0.164 e. The van der Waals surface area contributed by atoms with Gasteiger partial charge in [-0.1, -0.05) is 145 Å². The molecule has 0 atom stereocenters. The van der Waals surface area contributed by atoms with E-state index in [0.717, 1.165) is 22.3 Å². The molecule has 5 rings (SSSR count). The number of carbonyl (C=O) groups is 1. The third kappa shape index (κ3) is 9.45. The molecule has 0 saturated carbocycles. The van der Waals surface area contributed by atoms with E-state index in [-0.39, 0.29) is 37.1 Å². The molecule has 1 radical (unpaired) electrons. The number of aliphatic hydroxyl groups excluding tert-OH is 1. The van der Waals surface area contributed by atoms with Crippen molar-refractivity contribution in [1.29, 1.82) is 0 Å². The molecule has 1 N–H and O–H groups in total. The number of hydrogen-bond acceptors (Lipinski definition) is 3. The third-order valence-electron chi connectivity index (χ3n) is 7.70. The molecule has 4 aromatic carbocycles. The molecule has 46 heavy (non-hydrogen) atoms. The molecule has 0 saturated heterocycles. The number of benzene rings is 4. The van der Waals surface area contributed by atoms with E-state index < -0.39 is 13.5 Å². The quantitative estimate of drug-likeness (QED) is 0.0833. The maximum atomic E-state index is 11.5. The summed E-state index contributed by atoms with van der Waals surface area (Å²) >= 11 is 0. The third-order valence-corrected chi connectivity index (χ3v) is 9.75. The van der Waals surface area contributed by atoms with Crippen LogP contribution in [0.5, 0.6) is 0 Å². The standard InChI is InChI=1S/C30H26NSi.C11H20O2.Ir/c1-32(2,3)27-17-18-29-26(20-27)21-28(23-13-8-5-9-14-23)30(31-29)25-16-10-15-24(19-25)22-11-6-4-7-12-22;1-10(2,3)8(12)7-9(13)11(4,5)6;/h4-15,17-21H,1-3H3;7,12H,1-6H3;/q-1;;/b;8-7-;. The number of aliphatic hydroxyl groups is 1. The summed E-state index contributed by atoms with van der Waals surface area (Å²) in [5.41, 5.74) is 6.95. The van der Waals surface area contributed by atoms with E-state index in [1.807, 2.05) is 53.7 Å². The van der Waals surface area contributed by atoms with E-state index in [9.17, 15) is 9.90 Å². The Hall–Kier alpha value is -3.63. The predicted molar refractivity (Wildman–Crippen MR) is 194 cm³/mol. The van der Waals surface area contributed by atoms with E-state index >= 15 is 0 Å². The van der Waals surface area contributed by atoms with Gasteiger partial charge >= 0.3 is 0 Å². The van der Waals surface area contributed by atoms with Gasteiger partial charge in [0, 0.05) is 37.0 Å². The molecule has 3 nitrogen and oxygen atoms in total. The van der Waals surface area contributed by atoms with Crippen molar-refractivity contribution in [1.82, 2.24) is 4.98 Å². The van der Waals surface area contributed by atoms with Gasteiger partial charge in [0.15, 0.2) is 5.78 Å². The molecule has 0 aliphatic heterocycles. The molecule has 5 heteroatoms. The predicted octanol–water partition coefficient (Wildman–Crippen LogP) is 10.7. The van der Waals surface area contributed by atoms with Gasteiger partial charge in [0.2, 0.25) is 0 Å². The number of pyridine rings is 1. The van der Waals surface area contributed by atoms with Crippen LogP contribution in [0.25, 0.3) is 44.4 Å². The molecule has 1 heterocycles. The van der Waals surface area contributed by atoms with Crippen LogP contribution in [0.3, 0.4) is 0 Å². The van der Waals surface area contributed by atoms with Crippen LogP contribution in [0.1, 0.15) is 41.5 Å². The Bertz CT molecular complexity index is 1810. The summed E-state index contributed by atoms with van der Waals surface area (Å²) in [5, 5.41) is 12.2. The molecule has 0 aliphatic carbocycles. The van der Waals surface area contributed by atoms with Crippen LogP contribution in [0.15, 0.2) is 115 Å². The number of ketones is 1. The van der Waals surface area contributed by atoms with Crippen molar-refractivity contribution in [2.75, 3.05) is 0 Å². The summed E-state index contributed by atoms with van der Waals surface area (Å²) in [7, 11) is -1.40. The first-order chi connectivity index (χ1) is 21.0. The Balaban J connectivity index is 0.000000352.